The molecule has 0 unspecified atom stereocenters. The maximum atomic E-state index is 9.58. The van der Waals surface area contributed by atoms with Crippen molar-refractivity contribution in [3.8, 4) is 0 Å². The summed E-state index contributed by atoms with van der Waals surface area (Å²) in [6.07, 6.45) is 20.6. The maximum absolute atomic E-state index is 9.58. The second-order valence-electron chi connectivity index (χ2n) is 7.66. The Morgan fingerprint density at radius 3 is 1.79 bits per heavy atom. The predicted octanol–water partition coefficient (Wildman–Crippen LogP) is 5.37. The van der Waals surface area contributed by atoms with Crippen molar-refractivity contribution in [2.75, 3.05) is 6.61 Å². The second-order valence-corrected chi connectivity index (χ2v) is 7.66. The van der Waals surface area contributed by atoms with Crippen LogP contribution in [-0.4, -0.2) is 35.1 Å². The fraction of sp³-hybridized carbons (Fsp3) is 1.00. The molecule has 24 heavy (non-hydrogen) atoms. The van der Waals surface area contributed by atoms with Crippen molar-refractivity contribution < 1.29 is 14.9 Å². The number of ether oxygens (including phenoxy) is 1. The van der Waals surface area contributed by atoms with Gasteiger partial charge in [-0.2, -0.15) is 0 Å². The fourth-order valence-electron chi connectivity index (χ4n) is 3.74. The molecular formula is C21H42O3. The van der Waals surface area contributed by atoms with Gasteiger partial charge in [-0.3, -0.25) is 0 Å². The van der Waals surface area contributed by atoms with Crippen molar-refractivity contribution in [1.82, 2.24) is 0 Å². The molecule has 0 saturated carbocycles. The average molecular weight is 343 g/mol. The summed E-state index contributed by atoms with van der Waals surface area (Å²) in [6.45, 7) is 2.09. The molecule has 1 heterocycles. The summed E-state index contributed by atoms with van der Waals surface area (Å²) in [5.74, 6) is 0. The number of unbranched alkanes of at least 4 members (excludes halogenated alkanes) is 12. The fourth-order valence-corrected chi connectivity index (χ4v) is 3.74. The Morgan fingerprint density at radius 2 is 1.29 bits per heavy atom. The molecule has 0 aromatic heterocycles. The highest BCUT2D eigenvalue weighted by molar-refractivity contribution is 4.78. The van der Waals surface area contributed by atoms with Crippen LogP contribution in [0.3, 0.4) is 0 Å². The van der Waals surface area contributed by atoms with Gasteiger partial charge in [0.1, 0.15) is 6.10 Å². The molecule has 3 heteroatoms. The molecule has 0 aromatic rings. The lowest BCUT2D eigenvalue weighted by molar-refractivity contribution is -0.0554. The minimum Gasteiger partial charge on any atom is -0.394 e. The minimum atomic E-state index is -0.693. The van der Waals surface area contributed by atoms with Crippen LogP contribution in [0.25, 0.3) is 0 Å². The van der Waals surface area contributed by atoms with E-state index < -0.39 is 6.10 Å². The molecule has 0 amide bonds. The van der Waals surface area contributed by atoms with Crippen LogP contribution in [0.2, 0.25) is 0 Å². The van der Waals surface area contributed by atoms with Crippen LogP contribution in [0.4, 0.5) is 0 Å². The van der Waals surface area contributed by atoms with Crippen LogP contribution in [0.1, 0.15) is 110 Å². The highest BCUT2D eigenvalue weighted by Crippen LogP contribution is 2.26. The molecule has 0 aliphatic carbocycles. The van der Waals surface area contributed by atoms with Crippen LogP contribution < -0.4 is 0 Å². The van der Waals surface area contributed by atoms with Gasteiger partial charge in [0, 0.05) is 0 Å². The van der Waals surface area contributed by atoms with Gasteiger partial charge in [0.05, 0.1) is 18.8 Å². The molecule has 0 aromatic carbocycles. The SMILES string of the molecule is CCCCCCCCCCCCCCC[C@@H]1CC[C@@H]([C@@H](O)CO)O1. The van der Waals surface area contributed by atoms with Crippen LogP contribution in [0.15, 0.2) is 0 Å². The first-order chi connectivity index (χ1) is 11.8. The first-order valence-electron chi connectivity index (χ1n) is 10.7. The van der Waals surface area contributed by atoms with Crippen molar-refractivity contribution in [2.45, 2.75) is 128 Å². The number of aliphatic hydroxyl groups excluding tert-OH is 2. The minimum absolute atomic E-state index is 0.137. The van der Waals surface area contributed by atoms with E-state index in [1.807, 2.05) is 0 Å². The lowest BCUT2D eigenvalue weighted by Gasteiger charge is -2.17. The van der Waals surface area contributed by atoms with Gasteiger partial charge in [-0.1, -0.05) is 90.4 Å². The summed E-state index contributed by atoms with van der Waals surface area (Å²) in [4.78, 5) is 0. The first kappa shape index (κ1) is 21.9. The molecule has 1 aliphatic heterocycles. The first-order valence-corrected chi connectivity index (χ1v) is 10.7. The Balaban J connectivity index is 1.78. The lowest BCUT2D eigenvalue weighted by atomic mass is 10.0. The zero-order valence-electron chi connectivity index (χ0n) is 16.1. The van der Waals surface area contributed by atoms with Crippen molar-refractivity contribution in [3.63, 3.8) is 0 Å². The van der Waals surface area contributed by atoms with Crippen LogP contribution in [-0.2, 0) is 4.74 Å². The van der Waals surface area contributed by atoms with Crippen molar-refractivity contribution in [1.29, 1.82) is 0 Å². The van der Waals surface area contributed by atoms with Gasteiger partial charge in [-0.25, -0.2) is 0 Å². The molecule has 1 saturated heterocycles. The normalized spacial score (nSPS) is 22.1. The lowest BCUT2D eigenvalue weighted by Crippen LogP contribution is -2.29. The van der Waals surface area contributed by atoms with E-state index in [9.17, 15) is 5.11 Å². The Kier molecular flexibility index (Phi) is 13.8. The molecule has 3 atom stereocenters. The predicted molar refractivity (Wildman–Crippen MR) is 101 cm³/mol. The number of hydrogen-bond donors (Lipinski definition) is 2. The largest absolute Gasteiger partial charge is 0.394 e. The Labute approximate surface area is 150 Å². The topological polar surface area (TPSA) is 49.7 Å². The van der Waals surface area contributed by atoms with Crippen molar-refractivity contribution in [2.24, 2.45) is 0 Å². The van der Waals surface area contributed by atoms with E-state index in [1.165, 1.54) is 83.5 Å². The molecule has 0 radical (unpaired) electrons. The van der Waals surface area contributed by atoms with Gasteiger partial charge in [0.25, 0.3) is 0 Å². The highest BCUT2D eigenvalue weighted by atomic mass is 16.5. The third-order valence-corrected chi connectivity index (χ3v) is 5.39. The van der Waals surface area contributed by atoms with Gasteiger partial charge in [0.2, 0.25) is 0 Å². The second kappa shape index (κ2) is 15.2. The van der Waals surface area contributed by atoms with Gasteiger partial charge in [0.15, 0.2) is 0 Å². The zero-order valence-corrected chi connectivity index (χ0v) is 16.1. The Hall–Kier alpha value is -0.120. The van der Waals surface area contributed by atoms with E-state index in [0.717, 1.165) is 19.3 Å². The molecule has 144 valence electrons. The summed E-state index contributed by atoms with van der Waals surface area (Å²) in [7, 11) is 0. The van der Waals surface area contributed by atoms with E-state index in [-0.39, 0.29) is 12.7 Å². The van der Waals surface area contributed by atoms with Crippen molar-refractivity contribution in [3.05, 3.63) is 0 Å². The monoisotopic (exact) mass is 342 g/mol. The van der Waals surface area contributed by atoms with E-state index in [4.69, 9.17) is 9.84 Å². The third-order valence-electron chi connectivity index (χ3n) is 5.39. The van der Waals surface area contributed by atoms with E-state index >= 15 is 0 Å². The number of hydrogen-bond acceptors (Lipinski definition) is 3. The molecule has 1 aliphatic rings. The highest BCUT2D eigenvalue weighted by Gasteiger charge is 2.29. The van der Waals surface area contributed by atoms with E-state index in [2.05, 4.69) is 6.92 Å². The number of aliphatic hydroxyl groups is 2. The van der Waals surface area contributed by atoms with Gasteiger partial charge >= 0.3 is 0 Å². The third kappa shape index (κ3) is 10.7. The van der Waals surface area contributed by atoms with Gasteiger partial charge < -0.3 is 14.9 Å². The Bertz CT molecular complexity index is 270. The zero-order chi connectivity index (χ0) is 17.5. The van der Waals surface area contributed by atoms with E-state index in [0.29, 0.717) is 6.10 Å². The summed E-state index contributed by atoms with van der Waals surface area (Å²) in [6, 6.07) is 0. The molecule has 2 N–H and O–H groups in total. The molecule has 3 nitrogen and oxygen atoms in total. The molecule has 1 fully saturated rings. The summed E-state index contributed by atoms with van der Waals surface area (Å²) in [5.41, 5.74) is 0. The van der Waals surface area contributed by atoms with Crippen LogP contribution >= 0.6 is 0 Å². The molecule has 0 spiro atoms. The van der Waals surface area contributed by atoms with Gasteiger partial charge in [-0.15, -0.1) is 0 Å². The summed E-state index contributed by atoms with van der Waals surface area (Å²) >= 11 is 0. The smallest absolute Gasteiger partial charge is 0.103 e. The standard InChI is InChI=1S/C21H42O3/c1-2-3-4-5-6-7-8-9-10-11-12-13-14-15-19-16-17-21(24-19)20(23)18-22/h19-23H,2-18H2,1H3/t19-,20+,21+/m1/s1. The van der Waals surface area contributed by atoms with Gasteiger partial charge in [-0.05, 0) is 19.3 Å². The van der Waals surface area contributed by atoms with Crippen molar-refractivity contribution >= 4 is 0 Å². The Morgan fingerprint density at radius 1 is 0.792 bits per heavy atom. The quantitative estimate of drug-likeness (QED) is 0.371. The average Bonchev–Trinajstić information content (AvgIpc) is 3.07. The molecule has 0 bridgehead atoms. The maximum Gasteiger partial charge on any atom is 0.103 e. The van der Waals surface area contributed by atoms with Crippen LogP contribution in [0, 0.1) is 0 Å². The van der Waals surface area contributed by atoms with E-state index in [1.54, 1.807) is 0 Å². The number of rotatable bonds is 16. The molecule has 1 rings (SSSR count). The van der Waals surface area contributed by atoms with Crippen LogP contribution in [0.5, 0.6) is 0 Å². The summed E-state index contributed by atoms with van der Waals surface area (Å²) < 4.78 is 5.81. The molecular weight excluding hydrogens is 300 g/mol. The summed E-state index contributed by atoms with van der Waals surface area (Å²) in [5, 5.41) is 18.5.